The summed E-state index contributed by atoms with van der Waals surface area (Å²) in [5.74, 6) is 0.447. The molecule has 0 atom stereocenters. The van der Waals surface area contributed by atoms with Crippen LogP contribution in [0.1, 0.15) is 29.5 Å². The van der Waals surface area contributed by atoms with Crippen LogP contribution in [-0.2, 0) is 11.2 Å². The van der Waals surface area contributed by atoms with Crippen LogP contribution in [0.3, 0.4) is 0 Å². The first-order valence-electron chi connectivity index (χ1n) is 5.94. The second-order valence-electron chi connectivity index (χ2n) is 4.02. The van der Waals surface area contributed by atoms with Gasteiger partial charge in [-0.25, -0.2) is 4.79 Å². The highest BCUT2D eigenvalue weighted by molar-refractivity contribution is 9.10. The Morgan fingerprint density at radius 2 is 2.26 bits per heavy atom. The van der Waals surface area contributed by atoms with E-state index in [1.54, 1.807) is 12.4 Å². The third kappa shape index (κ3) is 2.84. The van der Waals surface area contributed by atoms with Crippen molar-refractivity contribution in [2.45, 2.75) is 19.8 Å². The maximum atomic E-state index is 11.9. The summed E-state index contributed by atoms with van der Waals surface area (Å²) in [6.07, 6.45) is 3.38. The highest BCUT2D eigenvalue weighted by Gasteiger charge is 2.16. The number of esters is 1. The predicted octanol–water partition coefficient (Wildman–Crippen LogP) is 2.77. The fourth-order valence-corrected chi connectivity index (χ4v) is 2.21. The minimum Gasteiger partial charge on any atom is -0.465 e. The monoisotopic (exact) mass is 323 g/mol. The van der Waals surface area contributed by atoms with Crippen molar-refractivity contribution in [3.63, 3.8) is 0 Å². The zero-order chi connectivity index (χ0) is 13.8. The van der Waals surface area contributed by atoms with Crippen molar-refractivity contribution < 1.29 is 9.53 Å². The van der Waals surface area contributed by atoms with Crippen molar-refractivity contribution >= 4 is 21.9 Å². The second kappa shape index (κ2) is 5.97. The van der Waals surface area contributed by atoms with Gasteiger partial charge >= 0.3 is 5.97 Å². The molecule has 0 fully saturated rings. The third-order valence-electron chi connectivity index (χ3n) is 2.72. The van der Waals surface area contributed by atoms with Crippen molar-refractivity contribution in [3.8, 4) is 5.69 Å². The molecule has 1 aromatic heterocycles. The number of benzene rings is 1. The molecule has 0 aliphatic heterocycles. The molecule has 100 valence electrons. The number of nitrogens with zero attached hydrogens (tertiary/aromatic N) is 3. The molecule has 1 aromatic carbocycles. The Kier molecular flexibility index (Phi) is 4.31. The number of ether oxygens (including phenoxy) is 1. The van der Waals surface area contributed by atoms with Crippen LogP contribution in [0.15, 0.2) is 29.0 Å². The van der Waals surface area contributed by atoms with Gasteiger partial charge in [0.1, 0.15) is 12.2 Å². The number of carbonyl (C=O) groups excluding carboxylic acids is 1. The SMILES string of the molecule is CCCc1nncn1-c1ccc(Br)cc1C(=O)OC. The van der Waals surface area contributed by atoms with Crippen LogP contribution in [0, 0.1) is 0 Å². The van der Waals surface area contributed by atoms with E-state index in [0.717, 1.165) is 28.8 Å². The van der Waals surface area contributed by atoms with E-state index in [1.165, 1.54) is 7.11 Å². The number of methoxy groups -OCH3 is 1. The predicted molar refractivity (Wildman–Crippen MR) is 74.4 cm³/mol. The molecule has 5 nitrogen and oxygen atoms in total. The van der Waals surface area contributed by atoms with Crippen LogP contribution in [0.2, 0.25) is 0 Å². The van der Waals surface area contributed by atoms with Crippen LogP contribution < -0.4 is 0 Å². The average molecular weight is 324 g/mol. The molecule has 0 aliphatic rings. The van der Waals surface area contributed by atoms with E-state index < -0.39 is 0 Å². The largest absolute Gasteiger partial charge is 0.465 e. The van der Waals surface area contributed by atoms with E-state index in [-0.39, 0.29) is 5.97 Å². The second-order valence-corrected chi connectivity index (χ2v) is 4.94. The van der Waals surface area contributed by atoms with Gasteiger partial charge in [0.15, 0.2) is 0 Å². The number of rotatable bonds is 4. The number of hydrogen-bond acceptors (Lipinski definition) is 4. The molecule has 0 N–H and O–H groups in total. The van der Waals surface area contributed by atoms with Gasteiger partial charge in [-0.05, 0) is 24.6 Å². The van der Waals surface area contributed by atoms with Crippen molar-refractivity contribution in [1.82, 2.24) is 14.8 Å². The Balaban J connectivity index is 2.55. The highest BCUT2D eigenvalue weighted by Crippen LogP contribution is 2.22. The molecule has 0 spiro atoms. The normalized spacial score (nSPS) is 10.5. The van der Waals surface area contributed by atoms with Gasteiger partial charge in [-0.3, -0.25) is 4.57 Å². The van der Waals surface area contributed by atoms with Gasteiger partial charge in [0, 0.05) is 10.9 Å². The smallest absolute Gasteiger partial charge is 0.340 e. The Morgan fingerprint density at radius 1 is 1.47 bits per heavy atom. The summed E-state index contributed by atoms with van der Waals surface area (Å²) in [5.41, 5.74) is 1.21. The van der Waals surface area contributed by atoms with Gasteiger partial charge in [-0.2, -0.15) is 0 Å². The van der Waals surface area contributed by atoms with Gasteiger partial charge < -0.3 is 4.74 Å². The average Bonchev–Trinajstić information content (AvgIpc) is 2.86. The van der Waals surface area contributed by atoms with Crippen LogP contribution in [0.5, 0.6) is 0 Å². The number of halogens is 1. The summed E-state index contributed by atoms with van der Waals surface area (Å²) in [4.78, 5) is 11.9. The third-order valence-corrected chi connectivity index (χ3v) is 3.21. The molecule has 19 heavy (non-hydrogen) atoms. The molecule has 1 heterocycles. The van der Waals surface area contributed by atoms with E-state index in [1.807, 2.05) is 16.7 Å². The van der Waals surface area contributed by atoms with Gasteiger partial charge in [-0.15, -0.1) is 10.2 Å². The standard InChI is InChI=1S/C13H14BrN3O2/c1-3-4-12-16-15-8-17(12)11-6-5-9(14)7-10(11)13(18)19-2/h5-8H,3-4H2,1-2H3. The number of aryl methyl sites for hydroxylation is 1. The molecular formula is C13H14BrN3O2. The molecule has 0 aliphatic carbocycles. The lowest BCUT2D eigenvalue weighted by molar-refractivity contribution is 0.0600. The van der Waals surface area contributed by atoms with Gasteiger partial charge in [0.25, 0.3) is 0 Å². The van der Waals surface area contributed by atoms with E-state index in [0.29, 0.717) is 5.56 Å². The minimum atomic E-state index is -0.382. The topological polar surface area (TPSA) is 57.0 Å². The fourth-order valence-electron chi connectivity index (χ4n) is 1.85. The number of aromatic nitrogens is 3. The Bertz CT molecular complexity index is 595. The quantitative estimate of drug-likeness (QED) is 0.812. The molecule has 2 aromatic rings. The molecule has 0 saturated carbocycles. The highest BCUT2D eigenvalue weighted by atomic mass is 79.9. The maximum Gasteiger partial charge on any atom is 0.340 e. The Hall–Kier alpha value is -1.69. The van der Waals surface area contributed by atoms with Crippen molar-refractivity contribution in [2.24, 2.45) is 0 Å². The van der Waals surface area contributed by atoms with Crippen molar-refractivity contribution in [1.29, 1.82) is 0 Å². The molecule has 0 bridgehead atoms. The molecule has 0 radical (unpaired) electrons. The maximum absolute atomic E-state index is 11.9. The van der Waals surface area contributed by atoms with Gasteiger partial charge in [-0.1, -0.05) is 22.9 Å². The Morgan fingerprint density at radius 3 is 2.95 bits per heavy atom. The molecule has 6 heteroatoms. The lowest BCUT2D eigenvalue weighted by Crippen LogP contribution is -2.09. The fraction of sp³-hybridized carbons (Fsp3) is 0.308. The first-order valence-corrected chi connectivity index (χ1v) is 6.73. The van der Waals surface area contributed by atoms with E-state index >= 15 is 0 Å². The zero-order valence-electron chi connectivity index (χ0n) is 10.8. The zero-order valence-corrected chi connectivity index (χ0v) is 12.3. The summed E-state index contributed by atoms with van der Waals surface area (Å²) in [5, 5.41) is 8.00. The number of hydrogen-bond donors (Lipinski definition) is 0. The summed E-state index contributed by atoms with van der Waals surface area (Å²) in [7, 11) is 1.37. The van der Waals surface area contributed by atoms with Crippen LogP contribution in [0.4, 0.5) is 0 Å². The number of carbonyl (C=O) groups is 1. The molecule has 0 saturated heterocycles. The first kappa shape index (κ1) is 13.7. The summed E-state index contributed by atoms with van der Waals surface area (Å²) >= 11 is 3.36. The van der Waals surface area contributed by atoms with Crippen molar-refractivity contribution in [3.05, 3.63) is 40.4 Å². The summed E-state index contributed by atoms with van der Waals surface area (Å²) in [6.45, 7) is 2.07. The van der Waals surface area contributed by atoms with Gasteiger partial charge in [0.2, 0.25) is 0 Å². The Labute approximate surface area is 119 Å². The molecule has 0 unspecified atom stereocenters. The van der Waals surface area contributed by atoms with E-state index in [2.05, 4.69) is 33.1 Å². The van der Waals surface area contributed by atoms with E-state index in [4.69, 9.17) is 4.74 Å². The van der Waals surface area contributed by atoms with E-state index in [9.17, 15) is 4.79 Å². The molecular weight excluding hydrogens is 310 g/mol. The van der Waals surface area contributed by atoms with Crippen LogP contribution >= 0.6 is 15.9 Å². The summed E-state index contributed by atoms with van der Waals surface area (Å²) in [6, 6.07) is 5.45. The molecule has 2 rings (SSSR count). The van der Waals surface area contributed by atoms with Crippen LogP contribution in [0.25, 0.3) is 5.69 Å². The molecule has 0 amide bonds. The lowest BCUT2D eigenvalue weighted by atomic mass is 10.1. The lowest BCUT2D eigenvalue weighted by Gasteiger charge is -2.11. The van der Waals surface area contributed by atoms with Gasteiger partial charge in [0.05, 0.1) is 18.4 Å². The summed E-state index contributed by atoms with van der Waals surface area (Å²) < 4.78 is 7.46. The minimum absolute atomic E-state index is 0.382. The first-order chi connectivity index (χ1) is 9.17. The van der Waals surface area contributed by atoms with Crippen molar-refractivity contribution in [2.75, 3.05) is 7.11 Å². The van der Waals surface area contributed by atoms with Crippen LogP contribution in [-0.4, -0.2) is 27.8 Å².